The van der Waals surface area contributed by atoms with E-state index >= 15 is 0 Å². The van der Waals surface area contributed by atoms with Crippen molar-refractivity contribution >= 4 is 5.91 Å². The zero-order valence-electron chi connectivity index (χ0n) is 15.4. The summed E-state index contributed by atoms with van der Waals surface area (Å²) in [7, 11) is 1.66. The monoisotopic (exact) mass is 340 g/mol. The van der Waals surface area contributed by atoms with Gasteiger partial charge in [0, 0.05) is 19.1 Å². The van der Waals surface area contributed by atoms with Gasteiger partial charge in [-0.3, -0.25) is 9.69 Å². The summed E-state index contributed by atoms with van der Waals surface area (Å²) in [5.41, 5.74) is 2.41. The van der Waals surface area contributed by atoms with Crippen LogP contribution in [0.3, 0.4) is 0 Å². The minimum Gasteiger partial charge on any atom is -0.497 e. The summed E-state index contributed by atoms with van der Waals surface area (Å²) in [5, 5.41) is 3.02. The molecular formula is C21H28N2O2. The first-order chi connectivity index (χ1) is 12.1. The molecule has 0 aromatic heterocycles. The Labute approximate surface area is 150 Å². The number of amides is 1. The van der Waals surface area contributed by atoms with Crippen molar-refractivity contribution in [3.05, 3.63) is 65.7 Å². The topological polar surface area (TPSA) is 41.6 Å². The summed E-state index contributed by atoms with van der Waals surface area (Å²) in [5.74, 6) is 0.916. The minimum atomic E-state index is 0.0677. The molecule has 4 nitrogen and oxygen atoms in total. The molecular weight excluding hydrogens is 312 g/mol. The van der Waals surface area contributed by atoms with Crippen LogP contribution in [0.5, 0.6) is 5.75 Å². The average Bonchev–Trinajstić information content (AvgIpc) is 2.62. The molecule has 134 valence electrons. The van der Waals surface area contributed by atoms with Gasteiger partial charge in [0.2, 0.25) is 5.91 Å². The lowest BCUT2D eigenvalue weighted by atomic mass is 10.1. The van der Waals surface area contributed by atoms with Crippen molar-refractivity contribution in [2.24, 2.45) is 0 Å². The second-order valence-electron chi connectivity index (χ2n) is 6.43. The quantitative estimate of drug-likeness (QED) is 0.762. The number of benzene rings is 2. The summed E-state index contributed by atoms with van der Waals surface area (Å²) in [6.07, 6.45) is 0.816. The number of nitrogens with zero attached hydrogens (tertiary/aromatic N) is 1. The third-order valence-corrected chi connectivity index (χ3v) is 4.20. The lowest BCUT2D eigenvalue weighted by Gasteiger charge is -2.26. The number of rotatable bonds is 9. The highest BCUT2D eigenvalue weighted by Gasteiger charge is 2.14. The zero-order valence-corrected chi connectivity index (χ0v) is 15.4. The third kappa shape index (κ3) is 6.59. The average molecular weight is 340 g/mol. The number of carbonyl (C=O) groups excluding carboxylic acids is 1. The lowest BCUT2D eigenvalue weighted by molar-refractivity contribution is -0.122. The standard InChI is InChI=1S/C21H28N2O2/c1-17(2)23(15-19-7-5-4-6-8-19)16-21(24)22-14-13-18-9-11-20(25-3)12-10-18/h4-12,17H,13-16H2,1-3H3,(H,22,24). The molecule has 0 spiro atoms. The van der Waals surface area contributed by atoms with E-state index in [0.29, 0.717) is 19.1 Å². The van der Waals surface area contributed by atoms with Crippen LogP contribution < -0.4 is 10.1 Å². The molecule has 0 aliphatic rings. The van der Waals surface area contributed by atoms with Crippen LogP contribution in [0, 0.1) is 0 Å². The lowest BCUT2D eigenvalue weighted by Crippen LogP contribution is -2.40. The number of methoxy groups -OCH3 is 1. The Kier molecular flexibility index (Phi) is 7.48. The molecule has 0 bridgehead atoms. The Morgan fingerprint density at radius 2 is 1.72 bits per heavy atom. The highest BCUT2D eigenvalue weighted by atomic mass is 16.5. The van der Waals surface area contributed by atoms with E-state index in [1.807, 2.05) is 42.5 Å². The van der Waals surface area contributed by atoms with Gasteiger partial charge in [0.1, 0.15) is 5.75 Å². The molecule has 0 radical (unpaired) electrons. The van der Waals surface area contributed by atoms with Gasteiger partial charge in [-0.15, -0.1) is 0 Å². The summed E-state index contributed by atoms with van der Waals surface area (Å²) >= 11 is 0. The number of carbonyl (C=O) groups is 1. The van der Waals surface area contributed by atoms with Crippen molar-refractivity contribution < 1.29 is 9.53 Å². The van der Waals surface area contributed by atoms with E-state index in [2.05, 4.69) is 36.2 Å². The second kappa shape index (κ2) is 9.84. The van der Waals surface area contributed by atoms with Crippen molar-refractivity contribution in [2.75, 3.05) is 20.2 Å². The van der Waals surface area contributed by atoms with Crippen LogP contribution in [0.15, 0.2) is 54.6 Å². The first-order valence-corrected chi connectivity index (χ1v) is 8.76. The van der Waals surface area contributed by atoms with Crippen LogP contribution in [0.4, 0.5) is 0 Å². The summed E-state index contributed by atoms with van der Waals surface area (Å²) < 4.78 is 5.15. The third-order valence-electron chi connectivity index (χ3n) is 4.20. The van der Waals surface area contributed by atoms with E-state index in [1.165, 1.54) is 11.1 Å². The number of ether oxygens (including phenoxy) is 1. The van der Waals surface area contributed by atoms with Crippen LogP contribution in [0.25, 0.3) is 0 Å². The van der Waals surface area contributed by atoms with Crippen LogP contribution in [0.1, 0.15) is 25.0 Å². The Balaban J connectivity index is 1.78. The predicted octanol–water partition coefficient (Wildman–Crippen LogP) is 3.26. The molecule has 0 heterocycles. The fraction of sp³-hybridized carbons (Fsp3) is 0.381. The van der Waals surface area contributed by atoms with Gasteiger partial charge < -0.3 is 10.1 Å². The van der Waals surface area contributed by atoms with Crippen molar-refractivity contribution in [3.63, 3.8) is 0 Å². The van der Waals surface area contributed by atoms with Gasteiger partial charge in [0.25, 0.3) is 0 Å². The molecule has 1 N–H and O–H groups in total. The SMILES string of the molecule is COc1ccc(CCNC(=O)CN(Cc2ccccc2)C(C)C)cc1. The molecule has 0 saturated carbocycles. The Morgan fingerprint density at radius 3 is 2.32 bits per heavy atom. The van der Waals surface area contributed by atoms with Crippen LogP contribution in [0.2, 0.25) is 0 Å². The van der Waals surface area contributed by atoms with Gasteiger partial charge in [-0.1, -0.05) is 42.5 Å². The first-order valence-electron chi connectivity index (χ1n) is 8.76. The van der Waals surface area contributed by atoms with Crippen LogP contribution in [-0.2, 0) is 17.8 Å². The van der Waals surface area contributed by atoms with Gasteiger partial charge >= 0.3 is 0 Å². The summed E-state index contributed by atoms with van der Waals surface area (Å²) in [6, 6.07) is 18.5. The largest absolute Gasteiger partial charge is 0.497 e. The molecule has 0 unspecified atom stereocenters. The summed E-state index contributed by atoms with van der Waals surface area (Å²) in [6.45, 7) is 6.07. The maximum absolute atomic E-state index is 12.3. The highest BCUT2D eigenvalue weighted by molar-refractivity contribution is 5.78. The highest BCUT2D eigenvalue weighted by Crippen LogP contribution is 2.11. The fourth-order valence-electron chi connectivity index (χ4n) is 2.62. The van der Waals surface area contributed by atoms with Crippen molar-refractivity contribution in [1.82, 2.24) is 10.2 Å². The van der Waals surface area contributed by atoms with Gasteiger partial charge in [0.05, 0.1) is 13.7 Å². The van der Waals surface area contributed by atoms with Gasteiger partial charge in [-0.05, 0) is 43.5 Å². The molecule has 2 aromatic rings. The van der Waals surface area contributed by atoms with E-state index in [4.69, 9.17) is 4.74 Å². The normalized spacial score (nSPS) is 10.9. The molecule has 2 aromatic carbocycles. The maximum atomic E-state index is 12.3. The van der Waals surface area contributed by atoms with Crippen molar-refractivity contribution in [3.8, 4) is 5.75 Å². The number of hydrogen-bond donors (Lipinski definition) is 1. The molecule has 2 rings (SSSR count). The molecule has 25 heavy (non-hydrogen) atoms. The first kappa shape index (κ1) is 19.0. The second-order valence-corrected chi connectivity index (χ2v) is 6.43. The van der Waals surface area contributed by atoms with E-state index < -0.39 is 0 Å². The van der Waals surface area contributed by atoms with E-state index in [1.54, 1.807) is 7.11 Å². The minimum absolute atomic E-state index is 0.0677. The van der Waals surface area contributed by atoms with Crippen LogP contribution in [-0.4, -0.2) is 37.0 Å². The van der Waals surface area contributed by atoms with Gasteiger partial charge in [0.15, 0.2) is 0 Å². The summed E-state index contributed by atoms with van der Waals surface area (Å²) in [4.78, 5) is 14.4. The zero-order chi connectivity index (χ0) is 18.1. The Hall–Kier alpha value is -2.33. The smallest absolute Gasteiger partial charge is 0.234 e. The number of nitrogens with one attached hydrogen (secondary N) is 1. The van der Waals surface area contributed by atoms with Crippen molar-refractivity contribution in [2.45, 2.75) is 32.9 Å². The maximum Gasteiger partial charge on any atom is 0.234 e. The molecule has 4 heteroatoms. The number of hydrogen-bond acceptors (Lipinski definition) is 3. The van der Waals surface area contributed by atoms with Gasteiger partial charge in [-0.25, -0.2) is 0 Å². The molecule has 0 aliphatic heterocycles. The van der Waals surface area contributed by atoms with Gasteiger partial charge in [-0.2, -0.15) is 0 Å². The van der Waals surface area contributed by atoms with Crippen molar-refractivity contribution in [1.29, 1.82) is 0 Å². The fourth-order valence-corrected chi connectivity index (χ4v) is 2.62. The molecule has 1 amide bonds. The van der Waals surface area contributed by atoms with E-state index in [-0.39, 0.29) is 5.91 Å². The van der Waals surface area contributed by atoms with E-state index in [0.717, 1.165) is 18.7 Å². The molecule has 0 saturated heterocycles. The Morgan fingerprint density at radius 1 is 1.04 bits per heavy atom. The molecule has 0 fully saturated rings. The van der Waals surface area contributed by atoms with Crippen LogP contribution >= 0.6 is 0 Å². The predicted molar refractivity (Wildman–Crippen MR) is 102 cm³/mol. The van der Waals surface area contributed by atoms with E-state index in [9.17, 15) is 4.79 Å². The Bertz CT molecular complexity index is 639. The molecule has 0 atom stereocenters. The molecule has 0 aliphatic carbocycles.